The summed E-state index contributed by atoms with van der Waals surface area (Å²) in [5.41, 5.74) is 6.34. The summed E-state index contributed by atoms with van der Waals surface area (Å²) < 4.78 is 3.35. The Bertz CT molecular complexity index is 810. The van der Waals surface area contributed by atoms with Crippen LogP contribution in [0.2, 0.25) is 0 Å². The van der Waals surface area contributed by atoms with Gasteiger partial charge in [0.1, 0.15) is 0 Å². The second kappa shape index (κ2) is 8.73. The Balaban J connectivity index is 1.94. The third kappa shape index (κ3) is 5.45. The molecule has 0 N–H and O–H groups in total. The highest BCUT2D eigenvalue weighted by Gasteiger charge is 2.10. The zero-order valence-electron chi connectivity index (χ0n) is 14.8. The summed E-state index contributed by atoms with van der Waals surface area (Å²) >= 11 is 10.8. The SMILES string of the molecule is Cc1cc(Br)cc(CN(Cc2cc(C)cc(Br)c2)c2ccc(Br)cc2)c1. The molecule has 3 aromatic rings. The van der Waals surface area contributed by atoms with Gasteiger partial charge < -0.3 is 4.90 Å². The van der Waals surface area contributed by atoms with Crippen LogP contribution in [0.25, 0.3) is 0 Å². The summed E-state index contributed by atoms with van der Waals surface area (Å²) in [6.45, 7) is 5.98. The highest BCUT2D eigenvalue weighted by atomic mass is 79.9. The van der Waals surface area contributed by atoms with E-state index in [0.29, 0.717) is 0 Å². The summed E-state index contributed by atoms with van der Waals surface area (Å²) in [6.07, 6.45) is 0. The maximum Gasteiger partial charge on any atom is 0.0433 e. The molecule has 0 atom stereocenters. The van der Waals surface area contributed by atoms with Crippen molar-refractivity contribution in [3.8, 4) is 0 Å². The fourth-order valence-corrected chi connectivity index (χ4v) is 4.71. The highest BCUT2D eigenvalue weighted by Crippen LogP contribution is 2.25. The molecule has 0 saturated heterocycles. The number of nitrogens with zero attached hydrogens (tertiary/aromatic N) is 1. The molecule has 0 aliphatic heterocycles. The first kappa shape index (κ1) is 19.7. The standard InChI is InChI=1S/C22H20Br3N/c1-15-7-17(11-20(24)9-15)13-26(22-5-3-19(23)4-6-22)14-18-8-16(2)10-21(25)12-18/h3-12H,13-14H2,1-2H3. The van der Waals surface area contributed by atoms with E-state index >= 15 is 0 Å². The van der Waals surface area contributed by atoms with Crippen molar-refractivity contribution in [3.63, 3.8) is 0 Å². The van der Waals surface area contributed by atoms with E-state index < -0.39 is 0 Å². The molecule has 3 rings (SSSR count). The van der Waals surface area contributed by atoms with Gasteiger partial charge in [-0.25, -0.2) is 0 Å². The van der Waals surface area contributed by atoms with Crippen molar-refractivity contribution in [2.45, 2.75) is 26.9 Å². The van der Waals surface area contributed by atoms with Crippen molar-refractivity contribution < 1.29 is 0 Å². The quantitative estimate of drug-likeness (QED) is 0.321. The maximum atomic E-state index is 3.62. The summed E-state index contributed by atoms with van der Waals surface area (Å²) in [4.78, 5) is 2.41. The second-order valence-electron chi connectivity index (χ2n) is 6.61. The van der Waals surface area contributed by atoms with Crippen LogP contribution in [0.5, 0.6) is 0 Å². The third-order valence-corrected chi connectivity index (χ3v) is 5.59. The zero-order chi connectivity index (χ0) is 18.7. The van der Waals surface area contributed by atoms with Crippen molar-refractivity contribution in [2.24, 2.45) is 0 Å². The van der Waals surface area contributed by atoms with Crippen molar-refractivity contribution in [2.75, 3.05) is 4.90 Å². The van der Waals surface area contributed by atoms with Crippen LogP contribution in [-0.4, -0.2) is 0 Å². The predicted molar refractivity (Wildman–Crippen MR) is 122 cm³/mol. The van der Waals surface area contributed by atoms with Gasteiger partial charge in [0.15, 0.2) is 0 Å². The van der Waals surface area contributed by atoms with Crippen LogP contribution >= 0.6 is 47.8 Å². The number of aryl methyl sites for hydroxylation is 2. The average Bonchev–Trinajstić information content (AvgIpc) is 2.53. The molecule has 0 spiro atoms. The van der Waals surface area contributed by atoms with E-state index in [1.807, 2.05) is 0 Å². The molecule has 134 valence electrons. The highest BCUT2D eigenvalue weighted by molar-refractivity contribution is 9.11. The molecule has 0 aliphatic rings. The van der Waals surface area contributed by atoms with Gasteiger partial charge >= 0.3 is 0 Å². The van der Waals surface area contributed by atoms with Crippen LogP contribution in [0.4, 0.5) is 5.69 Å². The number of halogens is 3. The van der Waals surface area contributed by atoms with Gasteiger partial charge in [0.25, 0.3) is 0 Å². The monoisotopic (exact) mass is 535 g/mol. The van der Waals surface area contributed by atoms with E-state index in [2.05, 4.69) is 127 Å². The lowest BCUT2D eigenvalue weighted by Crippen LogP contribution is -2.22. The fraction of sp³-hybridized carbons (Fsp3) is 0.182. The average molecular weight is 538 g/mol. The van der Waals surface area contributed by atoms with Gasteiger partial charge in [-0.15, -0.1) is 0 Å². The Hall–Kier alpha value is -1.10. The topological polar surface area (TPSA) is 3.24 Å². The van der Waals surface area contributed by atoms with Crippen LogP contribution in [0.3, 0.4) is 0 Å². The van der Waals surface area contributed by atoms with Crippen molar-refractivity contribution in [1.82, 2.24) is 0 Å². The van der Waals surface area contributed by atoms with Crippen LogP contribution in [0.15, 0.2) is 74.1 Å². The molecule has 1 nitrogen and oxygen atoms in total. The summed E-state index contributed by atoms with van der Waals surface area (Å²) in [6, 6.07) is 21.7. The molecule has 0 aromatic heterocycles. The molecule has 0 heterocycles. The first-order valence-electron chi connectivity index (χ1n) is 8.42. The number of hydrogen-bond acceptors (Lipinski definition) is 1. The van der Waals surface area contributed by atoms with Gasteiger partial charge in [0.05, 0.1) is 0 Å². The largest absolute Gasteiger partial charge is 0.363 e. The van der Waals surface area contributed by atoms with Crippen molar-refractivity contribution >= 4 is 53.5 Å². The smallest absolute Gasteiger partial charge is 0.0433 e. The van der Waals surface area contributed by atoms with E-state index in [9.17, 15) is 0 Å². The maximum absolute atomic E-state index is 3.62. The minimum absolute atomic E-state index is 0.855. The third-order valence-electron chi connectivity index (χ3n) is 4.14. The lowest BCUT2D eigenvalue weighted by Gasteiger charge is -2.26. The lowest BCUT2D eigenvalue weighted by atomic mass is 10.1. The molecular weight excluding hydrogens is 518 g/mol. The summed E-state index contributed by atoms with van der Waals surface area (Å²) in [5, 5.41) is 0. The number of hydrogen-bond donors (Lipinski definition) is 0. The van der Waals surface area contributed by atoms with Gasteiger partial charge in [-0.2, -0.15) is 0 Å². The molecule has 0 bridgehead atoms. The van der Waals surface area contributed by atoms with E-state index in [1.165, 1.54) is 27.9 Å². The molecule has 0 radical (unpaired) electrons. The molecule has 0 amide bonds. The van der Waals surface area contributed by atoms with Crippen LogP contribution < -0.4 is 4.90 Å². The molecule has 0 aliphatic carbocycles. The van der Waals surface area contributed by atoms with Gasteiger partial charge in [0.2, 0.25) is 0 Å². The zero-order valence-corrected chi connectivity index (χ0v) is 19.5. The first-order chi connectivity index (χ1) is 12.4. The summed E-state index contributed by atoms with van der Waals surface area (Å²) in [7, 11) is 0. The van der Waals surface area contributed by atoms with Crippen LogP contribution in [-0.2, 0) is 13.1 Å². The minimum Gasteiger partial charge on any atom is -0.363 e. The van der Waals surface area contributed by atoms with Crippen LogP contribution in [0, 0.1) is 13.8 Å². The van der Waals surface area contributed by atoms with Gasteiger partial charge in [-0.05, 0) is 84.6 Å². The van der Waals surface area contributed by atoms with Gasteiger partial charge in [-0.3, -0.25) is 0 Å². The second-order valence-corrected chi connectivity index (χ2v) is 9.35. The van der Waals surface area contributed by atoms with E-state index in [-0.39, 0.29) is 0 Å². The molecule has 3 aromatic carbocycles. The minimum atomic E-state index is 0.855. The van der Waals surface area contributed by atoms with Crippen molar-refractivity contribution in [1.29, 1.82) is 0 Å². The fourth-order valence-electron chi connectivity index (χ4n) is 3.14. The molecule has 4 heteroatoms. The van der Waals surface area contributed by atoms with E-state index in [0.717, 1.165) is 26.5 Å². The molecule has 0 fully saturated rings. The van der Waals surface area contributed by atoms with Crippen LogP contribution in [0.1, 0.15) is 22.3 Å². The predicted octanol–water partition coefficient (Wildman–Crippen LogP) is 7.80. The molecule has 0 unspecified atom stereocenters. The Morgan fingerprint density at radius 1 is 0.615 bits per heavy atom. The molecule has 26 heavy (non-hydrogen) atoms. The van der Waals surface area contributed by atoms with E-state index in [4.69, 9.17) is 0 Å². The Labute approximate surface area is 180 Å². The van der Waals surface area contributed by atoms with Gasteiger partial charge in [-0.1, -0.05) is 59.9 Å². The van der Waals surface area contributed by atoms with Gasteiger partial charge in [0, 0.05) is 32.2 Å². The lowest BCUT2D eigenvalue weighted by molar-refractivity contribution is 0.798. The number of benzene rings is 3. The Kier molecular flexibility index (Phi) is 6.60. The van der Waals surface area contributed by atoms with E-state index in [1.54, 1.807) is 0 Å². The first-order valence-corrected chi connectivity index (χ1v) is 10.8. The Morgan fingerprint density at radius 2 is 1.08 bits per heavy atom. The molecular formula is C22H20Br3N. The molecule has 0 saturated carbocycles. The number of rotatable bonds is 5. The normalized spacial score (nSPS) is 10.8. The Morgan fingerprint density at radius 3 is 1.50 bits per heavy atom. The summed E-state index contributed by atoms with van der Waals surface area (Å²) in [5.74, 6) is 0. The number of anilines is 1. The van der Waals surface area contributed by atoms with Crippen molar-refractivity contribution in [3.05, 3.63) is 96.3 Å².